The number of hydrogen-bond donors (Lipinski definition) is 1. The van der Waals surface area contributed by atoms with E-state index in [9.17, 15) is 9.59 Å². The Bertz CT molecular complexity index is 968. The molecule has 140 valence electrons. The number of carbonyl (C=O) groups excluding carboxylic acids is 2. The molecule has 1 N–H and O–H groups in total. The third kappa shape index (κ3) is 5.02. The Morgan fingerprint density at radius 2 is 1.89 bits per heavy atom. The van der Waals surface area contributed by atoms with Crippen LogP contribution >= 0.6 is 23.2 Å². The van der Waals surface area contributed by atoms with Gasteiger partial charge in [-0.25, -0.2) is 0 Å². The van der Waals surface area contributed by atoms with Crippen LogP contribution in [0.3, 0.4) is 0 Å². The number of hydrogen-bond acceptors (Lipinski definition) is 4. The second kappa shape index (κ2) is 8.93. The lowest BCUT2D eigenvalue weighted by atomic mass is 10.1. The fourth-order valence-electron chi connectivity index (χ4n) is 2.59. The lowest BCUT2D eigenvalue weighted by Crippen LogP contribution is -2.14. The average Bonchev–Trinajstić information content (AvgIpc) is 3.09. The van der Waals surface area contributed by atoms with Crippen molar-refractivity contribution in [1.82, 2.24) is 4.98 Å². The quantitative estimate of drug-likeness (QED) is 0.323. The third-order valence-electron chi connectivity index (χ3n) is 3.93. The van der Waals surface area contributed by atoms with Crippen LogP contribution in [0.2, 0.25) is 10.0 Å². The van der Waals surface area contributed by atoms with Crippen molar-refractivity contribution < 1.29 is 19.1 Å². The van der Waals surface area contributed by atoms with Crippen LogP contribution in [0.1, 0.15) is 23.2 Å². The first-order valence-corrected chi connectivity index (χ1v) is 9.13. The van der Waals surface area contributed by atoms with E-state index in [1.807, 2.05) is 24.3 Å². The summed E-state index contributed by atoms with van der Waals surface area (Å²) in [6.07, 6.45) is 2.22. The van der Waals surface area contributed by atoms with Crippen LogP contribution < -0.4 is 4.74 Å². The van der Waals surface area contributed by atoms with Crippen molar-refractivity contribution in [2.75, 3.05) is 13.2 Å². The van der Waals surface area contributed by atoms with Gasteiger partial charge in [0.2, 0.25) is 5.78 Å². The number of rotatable bonds is 8. The highest BCUT2D eigenvalue weighted by atomic mass is 35.5. The second-order valence-corrected chi connectivity index (χ2v) is 6.70. The van der Waals surface area contributed by atoms with Gasteiger partial charge in [-0.15, -0.1) is 0 Å². The monoisotopic (exact) mass is 405 g/mol. The third-order valence-corrected chi connectivity index (χ3v) is 4.46. The van der Waals surface area contributed by atoms with Gasteiger partial charge >= 0.3 is 5.97 Å². The van der Waals surface area contributed by atoms with Crippen molar-refractivity contribution >= 4 is 45.9 Å². The van der Waals surface area contributed by atoms with Gasteiger partial charge in [-0.3, -0.25) is 9.59 Å². The predicted molar refractivity (Wildman–Crippen MR) is 105 cm³/mol. The maximum atomic E-state index is 12.3. The van der Waals surface area contributed by atoms with E-state index in [4.69, 9.17) is 32.7 Å². The molecule has 0 unspecified atom stereocenters. The first-order chi connectivity index (χ1) is 13.0. The lowest BCUT2D eigenvalue weighted by Gasteiger charge is -2.08. The molecule has 0 bridgehead atoms. The highest BCUT2D eigenvalue weighted by Crippen LogP contribution is 2.27. The molecular formula is C20H17Cl2NO4. The molecule has 2 aromatic carbocycles. The second-order valence-electron chi connectivity index (χ2n) is 5.86. The van der Waals surface area contributed by atoms with Crippen molar-refractivity contribution in [2.24, 2.45) is 0 Å². The van der Waals surface area contributed by atoms with Crippen molar-refractivity contribution in [3.63, 3.8) is 0 Å². The Hall–Kier alpha value is -2.50. The van der Waals surface area contributed by atoms with Gasteiger partial charge in [0.25, 0.3) is 0 Å². The summed E-state index contributed by atoms with van der Waals surface area (Å²) in [7, 11) is 0. The summed E-state index contributed by atoms with van der Waals surface area (Å²) in [5.41, 5.74) is 1.38. The van der Waals surface area contributed by atoms with Gasteiger partial charge in [0.05, 0.1) is 11.6 Å². The fraction of sp³-hybridized carbons (Fsp3) is 0.200. The van der Waals surface area contributed by atoms with Crippen molar-refractivity contribution in [3.05, 3.63) is 64.3 Å². The minimum Gasteiger partial charge on any atom is -0.492 e. The van der Waals surface area contributed by atoms with Gasteiger partial charge in [-0.2, -0.15) is 0 Å². The molecule has 0 aliphatic rings. The number of aromatic amines is 1. The molecular weight excluding hydrogens is 389 g/mol. The number of ketones is 1. The fourth-order valence-corrected chi connectivity index (χ4v) is 3.05. The topological polar surface area (TPSA) is 68.4 Å². The summed E-state index contributed by atoms with van der Waals surface area (Å²) >= 11 is 11.8. The van der Waals surface area contributed by atoms with Crippen LogP contribution in [0.5, 0.6) is 5.75 Å². The largest absolute Gasteiger partial charge is 0.492 e. The Kier molecular flexibility index (Phi) is 6.37. The molecule has 0 aliphatic carbocycles. The van der Waals surface area contributed by atoms with Gasteiger partial charge in [0.1, 0.15) is 5.75 Å². The lowest BCUT2D eigenvalue weighted by molar-refractivity contribution is -0.142. The Morgan fingerprint density at radius 3 is 2.70 bits per heavy atom. The molecule has 1 heterocycles. The number of aromatic nitrogens is 1. The summed E-state index contributed by atoms with van der Waals surface area (Å²) in [5, 5.41) is 1.75. The van der Waals surface area contributed by atoms with E-state index in [0.717, 1.165) is 10.9 Å². The van der Waals surface area contributed by atoms with E-state index in [2.05, 4.69) is 4.98 Å². The summed E-state index contributed by atoms with van der Waals surface area (Å²) in [4.78, 5) is 27.1. The molecule has 0 amide bonds. The smallest absolute Gasteiger partial charge is 0.306 e. The maximum Gasteiger partial charge on any atom is 0.306 e. The number of esters is 1. The van der Waals surface area contributed by atoms with Gasteiger partial charge in [0.15, 0.2) is 6.61 Å². The molecule has 0 spiro atoms. The van der Waals surface area contributed by atoms with Crippen LogP contribution in [0.4, 0.5) is 0 Å². The Labute approximate surface area is 166 Å². The normalized spacial score (nSPS) is 10.7. The highest BCUT2D eigenvalue weighted by Gasteiger charge is 2.14. The van der Waals surface area contributed by atoms with Crippen molar-refractivity contribution in [2.45, 2.75) is 12.8 Å². The average molecular weight is 406 g/mol. The Morgan fingerprint density at radius 1 is 1.07 bits per heavy atom. The molecule has 0 aliphatic heterocycles. The van der Waals surface area contributed by atoms with Crippen LogP contribution in [0, 0.1) is 0 Å². The number of carbonyl (C=O) groups is 2. The first kappa shape index (κ1) is 19.3. The van der Waals surface area contributed by atoms with Crippen LogP contribution in [0.25, 0.3) is 10.9 Å². The molecule has 27 heavy (non-hydrogen) atoms. The Balaban J connectivity index is 1.41. The van der Waals surface area contributed by atoms with Gasteiger partial charge in [-0.1, -0.05) is 41.4 Å². The molecule has 5 nitrogen and oxygen atoms in total. The zero-order chi connectivity index (χ0) is 19.2. The standard InChI is InChI=1S/C20H17Cl2NO4/c21-13-7-8-19(16(22)10-13)26-9-3-6-20(25)27-12-18(24)15-11-23-17-5-2-1-4-14(15)17/h1-2,4-5,7-8,10-11,23H,3,6,9,12H2. The molecule has 0 radical (unpaired) electrons. The van der Waals surface area contributed by atoms with Gasteiger partial charge in [-0.05, 0) is 30.7 Å². The maximum absolute atomic E-state index is 12.3. The number of H-pyrrole nitrogens is 1. The molecule has 1 aromatic heterocycles. The van der Waals surface area contributed by atoms with E-state index in [0.29, 0.717) is 34.4 Å². The molecule has 3 rings (SSSR count). The van der Waals surface area contributed by atoms with E-state index in [1.54, 1.807) is 24.4 Å². The van der Waals surface area contributed by atoms with Gasteiger partial charge in [0, 0.05) is 34.1 Å². The molecule has 0 saturated heterocycles. The highest BCUT2D eigenvalue weighted by molar-refractivity contribution is 6.35. The molecule has 3 aromatic rings. The van der Waals surface area contributed by atoms with Crippen LogP contribution in [0.15, 0.2) is 48.7 Å². The zero-order valence-electron chi connectivity index (χ0n) is 14.3. The molecule has 0 atom stereocenters. The zero-order valence-corrected chi connectivity index (χ0v) is 15.8. The van der Waals surface area contributed by atoms with Crippen LogP contribution in [-0.2, 0) is 9.53 Å². The van der Waals surface area contributed by atoms with Crippen molar-refractivity contribution in [3.8, 4) is 5.75 Å². The molecule has 0 fully saturated rings. The summed E-state index contributed by atoms with van der Waals surface area (Å²) in [6.45, 7) is 0.0113. The van der Waals surface area contributed by atoms with E-state index >= 15 is 0 Å². The number of fused-ring (bicyclic) bond motifs is 1. The summed E-state index contributed by atoms with van der Waals surface area (Å²) < 4.78 is 10.6. The van der Waals surface area contributed by atoms with Crippen molar-refractivity contribution in [1.29, 1.82) is 0 Å². The minimum absolute atomic E-state index is 0.145. The summed E-state index contributed by atoms with van der Waals surface area (Å²) in [6, 6.07) is 12.4. The van der Waals surface area contributed by atoms with E-state index in [1.165, 1.54) is 0 Å². The van der Waals surface area contributed by atoms with Gasteiger partial charge < -0.3 is 14.5 Å². The number of para-hydroxylation sites is 1. The predicted octanol–water partition coefficient (Wildman–Crippen LogP) is 5.06. The first-order valence-electron chi connectivity index (χ1n) is 8.37. The number of benzene rings is 2. The molecule has 0 saturated carbocycles. The van der Waals surface area contributed by atoms with Crippen LogP contribution in [-0.4, -0.2) is 30.0 Å². The number of ether oxygens (including phenoxy) is 2. The number of Topliss-reactive ketones (excluding diaryl/α,β-unsaturated/α-hetero) is 1. The minimum atomic E-state index is -0.450. The summed E-state index contributed by atoms with van der Waals surface area (Å²) in [5.74, 6) is -0.192. The van der Waals surface area contributed by atoms with E-state index in [-0.39, 0.29) is 18.8 Å². The molecule has 7 heteroatoms. The number of nitrogens with one attached hydrogen (secondary N) is 1. The number of halogens is 2. The SMILES string of the molecule is O=C(CCCOc1ccc(Cl)cc1Cl)OCC(=O)c1c[nH]c2ccccc12. The van der Waals surface area contributed by atoms with E-state index < -0.39 is 5.97 Å².